The summed E-state index contributed by atoms with van der Waals surface area (Å²) in [5.41, 5.74) is 1.07. The van der Waals surface area contributed by atoms with Crippen LogP contribution in [-0.4, -0.2) is 0 Å². The van der Waals surface area contributed by atoms with Crippen LogP contribution < -0.4 is 0 Å². The highest BCUT2D eigenvalue weighted by atomic mass is 13.8. The third kappa shape index (κ3) is 3.07. The molecule has 0 heterocycles. The second kappa shape index (κ2) is 5.21. The summed E-state index contributed by atoms with van der Waals surface area (Å²) in [7, 11) is 0. The Kier molecular flexibility index (Phi) is 3.74. The number of hydrogen-bond donors (Lipinski definition) is 0. The summed E-state index contributed by atoms with van der Waals surface area (Å²) in [6.07, 6.45) is 4.99. The maximum Gasteiger partial charge on any atom is 0.0248 e. The summed E-state index contributed by atoms with van der Waals surface area (Å²) in [6, 6.07) is 9.99. The first-order chi connectivity index (χ1) is 5.93. The Bertz CT molecular complexity index is 296. The highest BCUT2D eigenvalue weighted by molar-refractivity contribution is 5.36. The molecule has 0 aliphatic rings. The van der Waals surface area contributed by atoms with Crippen molar-refractivity contribution in [1.29, 1.82) is 0 Å². The van der Waals surface area contributed by atoms with E-state index in [0.29, 0.717) is 0 Å². The number of hydrogen-bond acceptors (Lipinski definition) is 0. The molecule has 0 atom stereocenters. The molecular formula is C12H12. The Balaban J connectivity index is 2.61. The molecule has 0 N–H and O–H groups in total. The van der Waals surface area contributed by atoms with Crippen LogP contribution in [0.25, 0.3) is 0 Å². The monoisotopic (exact) mass is 156 g/mol. The van der Waals surface area contributed by atoms with Crippen molar-refractivity contribution in [2.24, 2.45) is 0 Å². The molecule has 0 saturated heterocycles. The van der Waals surface area contributed by atoms with Gasteiger partial charge in [0.1, 0.15) is 0 Å². The third-order valence-corrected chi connectivity index (χ3v) is 1.43. The van der Waals surface area contributed by atoms with Crippen molar-refractivity contribution in [2.45, 2.75) is 13.3 Å². The van der Waals surface area contributed by atoms with Gasteiger partial charge in [-0.1, -0.05) is 43.0 Å². The van der Waals surface area contributed by atoms with Gasteiger partial charge in [-0.2, -0.15) is 0 Å². The van der Waals surface area contributed by atoms with Crippen LogP contribution in [0.4, 0.5) is 0 Å². The number of rotatable bonds is 1. The molecule has 0 aromatic heterocycles. The van der Waals surface area contributed by atoms with Gasteiger partial charge in [-0.15, -0.1) is 0 Å². The largest absolute Gasteiger partial charge is 0.0764 e. The van der Waals surface area contributed by atoms with Gasteiger partial charge in [0.05, 0.1) is 0 Å². The fraction of sp³-hybridized carbons (Fsp3) is 0.167. The van der Waals surface area contributed by atoms with E-state index in [2.05, 4.69) is 24.8 Å². The quantitative estimate of drug-likeness (QED) is 0.548. The lowest BCUT2D eigenvalue weighted by Gasteiger charge is -1.84. The number of benzene rings is 1. The van der Waals surface area contributed by atoms with E-state index in [9.17, 15) is 0 Å². The Morgan fingerprint density at radius 3 is 2.67 bits per heavy atom. The Morgan fingerprint density at radius 2 is 2.00 bits per heavy atom. The molecule has 0 nitrogen and oxygen atoms in total. The zero-order valence-corrected chi connectivity index (χ0v) is 7.25. The van der Waals surface area contributed by atoms with E-state index in [1.807, 2.05) is 36.4 Å². The molecular weight excluding hydrogens is 144 g/mol. The van der Waals surface area contributed by atoms with Crippen LogP contribution in [0, 0.1) is 11.8 Å². The molecule has 0 saturated carbocycles. The lowest BCUT2D eigenvalue weighted by molar-refractivity contribution is 1.23. The minimum atomic E-state index is 1.05. The van der Waals surface area contributed by atoms with E-state index in [1.165, 1.54) is 0 Å². The molecule has 0 bridgehead atoms. The molecule has 0 spiro atoms. The van der Waals surface area contributed by atoms with Crippen molar-refractivity contribution in [3.05, 3.63) is 48.0 Å². The van der Waals surface area contributed by atoms with Gasteiger partial charge in [0.2, 0.25) is 0 Å². The molecule has 1 aromatic carbocycles. The molecule has 0 aliphatic carbocycles. The Morgan fingerprint density at radius 1 is 1.25 bits per heavy atom. The first-order valence-electron chi connectivity index (χ1n) is 4.15. The van der Waals surface area contributed by atoms with Crippen molar-refractivity contribution >= 4 is 0 Å². The first kappa shape index (κ1) is 8.62. The van der Waals surface area contributed by atoms with Crippen LogP contribution in [0.15, 0.2) is 42.5 Å². The van der Waals surface area contributed by atoms with Crippen molar-refractivity contribution in [3.63, 3.8) is 0 Å². The van der Waals surface area contributed by atoms with Gasteiger partial charge in [-0.3, -0.25) is 0 Å². The van der Waals surface area contributed by atoms with Crippen LogP contribution in [0.1, 0.15) is 18.9 Å². The fourth-order valence-electron chi connectivity index (χ4n) is 0.823. The molecule has 1 aromatic rings. The molecule has 0 fully saturated rings. The third-order valence-electron chi connectivity index (χ3n) is 1.43. The summed E-state index contributed by atoms with van der Waals surface area (Å²) in [5.74, 6) is 6.01. The topological polar surface area (TPSA) is 0 Å². The van der Waals surface area contributed by atoms with Crippen LogP contribution in [0.5, 0.6) is 0 Å². The normalized spacial score (nSPS) is 9.42. The van der Waals surface area contributed by atoms with E-state index in [4.69, 9.17) is 0 Å². The molecule has 0 aliphatic heterocycles. The second-order valence-electron chi connectivity index (χ2n) is 2.45. The summed E-state index contributed by atoms with van der Waals surface area (Å²) in [4.78, 5) is 0. The second-order valence-corrected chi connectivity index (χ2v) is 2.45. The smallest absolute Gasteiger partial charge is 0.0248 e. The maximum absolute atomic E-state index is 3.04. The van der Waals surface area contributed by atoms with Gasteiger partial charge in [0.15, 0.2) is 0 Å². The van der Waals surface area contributed by atoms with Crippen molar-refractivity contribution in [3.8, 4) is 11.8 Å². The lowest BCUT2D eigenvalue weighted by atomic mass is 10.2. The SMILES string of the molecule is CC/C=C\C#Cc1ccccc1. The van der Waals surface area contributed by atoms with Crippen LogP contribution >= 0.6 is 0 Å². The highest BCUT2D eigenvalue weighted by Crippen LogP contribution is 1.94. The fourth-order valence-corrected chi connectivity index (χ4v) is 0.823. The average molecular weight is 156 g/mol. The summed E-state index contributed by atoms with van der Waals surface area (Å²) < 4.78 is 0. The van der Waals surface area contributed by atoms with Gasteiger partial charge in [0, 0.05) is 5.56 Å². The summed E-state index contributed by atoms with van der Waals surface area (Å²) in [5, 5.41) is 0. The Labute approximate surface area is 73.9 Å². The Hall–Kier alpha value is -1.48. The van der Waals surface area contributed by atoms with Gasteiger partial charge >= 0.3 is 0 Å². The van der Waals surface area contributed by atoms with E-state index in [-0.39, 0.29) is 0 Å². The molecule has 0 heteroatoms. The van der Waals surface area contributed by atoms with Crippen LogP contribution in [0.2, 0.25) is 0 Å². The van der Waals surface area contributed by atoms with Gasteiger partial charge in [0.25, 0.3) is 0 Å². The van der Waals surface area contributed by atoms with Crippen molar-refractivity contribution in [2.75, 3.05) is 0 Å². The standard InChI is InChI=1S/C12H12/c1-2-3-4-6-9-12-10-7-5-8-11-12/h3-5,7-8,10-11H,2H2,1H3/b4-3-. The molecule has 1 rings (SSSR count). The van der Waals surface area contributed by atoms with E-state index in [0.717, 1.165) is 12.0 Å². The lowest BCUT2D eigenvalue weighted by Crippen LogP contribution is -1.68. The maximum atomic E-state index is 3.04. The minimum absolute atomic E-state index is 1.05. The molecule has 0 unspecified atom stereocenters. The van der Waals surface area contributed by atoms with E-state index >= 15 is 0 Å². The zero-order valence-electron chi connectivity index (χ0n) is 7.25. The molecule has 60 valence electrons. The zero-order chi connectivity index (χ0) is 8.65. The van der Waals surface area contributed by atoms with Gasteiger partial charge < -0.3 is 0 Å². The first-order valence-corrected chi connectivity index (χ1v) is 4.15. The van der Waals surface area contributed by atoms with E-state index in [1.54, 1.807) is 0 Å². The van der Waals surface area contributed by atoms with Gasteiger partial charge in [-0.05, 0) is 24.6 Å². The van der Waals surface area contributed by atoms with Crippen molar-refractivity contribution in [1.82, 2.24) is 0 Å². The molecule has 0 amide bonds. The summed E-state index contributed by atoms with van der Waals surface area (Å²) >= 11 is 0. The highest BCUT2D eigenvalue weighted by Gasteiger charge is 1.78. The summed E-state index contributed by atoms with van der Waals surface area (Å²) in [6.45, 7) is 2.10. The predicted molar refractivity (Wildman–Crippen MR) is 52.8 cm³/mol. The van der Waals surface area contributed by atoms with E-state index < -0.39 is 0 Å². The minimum Gasteiger partial charge on any atom is -0.0764 e. The average Bonchev–Trinajstić information content (AvgIpc) is 2.14. The van der Waals surface area contributed by atoms with Gasteiger partial charge in [-0.25, -0.2) is 0 Å². The molecule has 0 radical (unpaired) electrons. The number of allylic oxidation sites excluding steroid dienone is 2. The van der Waals surface area contributed by atoms with Crippen LogP contribution in [-0.2, 0) is 0 Å². The van der Waals surface area contributed by atoms with Crippen molar-refractivity contribution < 1.29 is 0 Å². The molecule has 12 heavy (non-hydrogen) atoms. The predicted octanol–water partition coefficient (Wildman–Crippen LogP) is 3.00. The van der Waals surface area contributed by atoms with Crippen LogP contribution in [0.3, 0.4) is 0 Å².